The predicted molar refractivity (Wildman–Crippen MR) is 75.9 cm³/mol. The Bertz CT molecular complexity index is 257. The minimum atomic E-state index is -0.745. The number of thioether (sulfide) groups is 1. The zero-order chi connectivity index (χ0) is 14.0. The highest BCUT2D eigenvalue weighted by Gasteiger charge is 2.10. The van der Waals surface area contributed by atoms with Crippen molar-refractivity contribution in [3.8, 4) is 0 Å². The predicted octanol–water partition coefficient (Wildman–Crippen LogP) is 2.53. The Balaban J connectivity index is 3.66. The normalized spacial score (nSPS) is 12.4. The van der Waals surface area contributed by atoms with Crippen LogP contribution in [0.5, 0.6) is 0 Å². The molecule has 0 aliphatic rings. The first-order chi connectivity index (χ1) is 8.45. The van der Waals surface area contributed by atoms with E-state index >= 15 is 0 Å². The van der Waals surface area contributed by atoms with Gasteiger partial charge in [-0.2, -0.15) is 0 Å². The van der Waals surface area contributed by atoms with E-state index in [1.54, 1.807) is 11.8 Å². The molecular weight excluding hydrogens is 250 g/mol. The molecule has 0 spiro atoms. The quantitative estimate of drug-likeness (QED) is 0.643. The first-order valence-corrected chi connectivity index (χ1v) is 7.60. The lowest BCUT2D eigenvalue weighted by Gasteiger charge is -2.14. The molecule has 0 bridgehead atoms. The van der Waals surface area contributed by atoms with E-state index in [1.165, 1.54) is 0 Å². The van der Waals surface area contributed by atoms with Crippen molar-refractivity contribution in [3.63, 3.8) is 0 Å². The Morgan fingerprint density at radius 1 is 1.28 bits per heavy atom. The van der Waals surface area contributed by atoms with E-state index < -0.39 is 5.97 Å². The Labute approximate surface area is 114 Å². The second-order valence-corrected chi connectivity index (χ2v) is 6.27. The number of nitrogens with one attached hydrogen (secondary N) is 1. The molecule has 0 aromatic rings. The van der Waals surface area contributed by atoms with Crippen LogP contribution in [0.15, 0.2) is 0 Å². The lowest BCUT2D eigenvalue weighted by atomic mass is 9.97. The van der Waals surface area contributed by atoms with Gasteiger partial charge in [0.15, 0.2) is 0 Å². The van der Waals surface area contributed by atoms with Gasteiger partial charge in [0.25, 0.3) is 0 Å². The molecule has 0 aromatic heterocycles. The number of hydrogen-bond acceptors (Lipinski definition) is 3. The van der Waals surface area contributed by atoms with E-state index in [4.69, 9.17) is 5.11 Å². The van der Waals surface area contributed by atoms with Gasteiger partial charge in [-0.1, -0.05) is 27.2 Å². The van der Waals surface area contributed by atoms with Gasteiger partial charge in [-0.25, -0.2) is 0 Å². The smallest absolute Gasteiger partial charge is 0.303 e. The van der Waals surface area contributed by atoms with Gasteiger partial charge in [-0.05, 0) is 24.0 Å². The minimum Gasteiger partial charge on any atom is -0.481 e. The standard InChI is InChI=1S/C13H25NO3S/c1-4-11(5-6-13(16)17)7-8-14-12(15)9-18-10(2)3/h10-11H,4-9H2,1-3H3,(H,14,15)(H,16,17). The Kier molecular flexibility index (Phi) is 9.83. The molecule has 0 heterocycles. The van der Waals surface area contributed by atoms with Crippen molar-refractivity contribution in [2.75, 3.05) is 12.3 Å². The molecule has 0 fully saturated rings. The summed E-state index contributed by atoms with van der Waals surface area (Å²) in [7, 11) is 0. The second kappa shape index (κ2) is 10.2. The summed E-state index contributed by atoms with van der Waals surface area (Å²) in [6.07, 6.45) is 2.74. The fourth-order valence-electron chi connectivity index (χ4n) is 1.59. The van der Waals surface area contributed by atoms with Gasteiger partial charge >= 0.3 is 5.97 Å². The molecule has 18 heavy (non-hydrogen) atoms. The number of amides is 1. The van der Waals surface area contributed by atoms with E-state index in [2.05, 4.69) is 26.1 Å². The molecule has 2 N–H and O–H groups in total. The molecule has 0 saturated carbocycles. The van der Waals surface area contributed by atoms with Crippen LogP contribution < -0.4 is 5.32 Å². The number of carboxylic acid groups (broad SMARTS) is 1. The largest absolute Gasteiger partial charge is 0.481 e. The van der Waals surface area contributed by atoms with Crippen LogP contribution in [-0.2, 0) is 9.59 Å². The van der Waals surface area contributed by atoms with Crippen molar-refractivity contribution in [2.24, 2.45) is 5.92 Å². The molecule has 0 radical (unpaired) electrons. The lowest BCUT2D eigenvalue weighted by Crippen LogP contribution is -2.28. The maximum atomic E-state index is 11.5. The highest BCUT2D eigenvalue weighted by Crippen LogP contribution is 2.14. The van der Waals surface area contributed by atoms with Crippen molar-refractivity contribution in [1.29, 1.82) is 0 Å². The molecule has 0 aliphatic carbocycles. The number of hydrogen-bond donors (Lipinski definition) is 2. The zero-order valence-electron chi connectivity index (χ0n) is 11.6. The van der Waals surface area contributed by atoms with E-state index in [9.17, 15) is 9.59 Å². The number of rotatable bonds is 10. The third-order valence-electron chi connectivity index (χ3n) is 2.77. The van der Waals surface area contributed by atoms with Crippen molar-refractivity contribution >= 4 is 23.6 Å². The summed E-state index contributed by atoms with van der Waals surface area (Å²) < 4.78 is 0. The van der Waals surface area contributed by atoms with Crippen molar-refractivity contribution in [2.45, 2.75) is 51.7 Å². The van der Waals surface area contributed by atoms with Crippen molar-refractivity contribution < 1.29 is 14.7 Å². The van der Waals surface area contributed by atoms with Crippen molar-refractivity contribution in [3.05, 3.63) is 0 Å². The number of carboxylic acids is 1. The van der Waals surface area contributed by atoms with Gasteiger partial charge in [-0.15, -0.1) is 11.8 Å². The van der Waals surface area contributed by atoms with E-state index in [0.717, 1.165) is 12.8 Å². The number of carbonyl (C=O) groups is 2. The summed E-state index contributed by atoms with van der Waals surface area (Å²) in [6.45, 7) is 6.84. The van der Waals surface area contributed by atoms with Gasteiger partial charge in [0.1, 0.15) is 0 Å². The van der Waals surface area contributed by atoms with Crippen LogP contribution in [0.25, 0.3) is 0 Å². The SMILES string of the molecule is CCC(CCNC(=O)CSC(C)C)CCC(=O)O. The molecule has 0 aliphatic heterocycles. The van der Waals surface area contributed by atoms with Gasteiger partial charge < -0.3 is 10.4 Å². The van der Waals surface area contributed by atoms with Gasteiger partial charge in [-0.3, -0.25) is 9.59 Å². The summed E-state index contributed by atoms with van der Waals surface area (Å²) in [5.41, 5.74) is 0. The average Bonchev–Trinajstić information content (AvgIpc) is 2.30. The van der Waals surface area contributed by atoms with Gasteiger partial charge in [0.05, 0.1) is 5.75 Å². The van der Waals surface area contributed by atoms with Gasteiger partial charge in [0, 0.05) is 13.0 Å². The zero-order valence-corrected chi connectivity index (χ0v) is 12.4. The third kappa shape index (κ3) is 10.4. The fraction of sp³-hybridized carbons (Fsp3) is 0.846. The molecule has 0 saturated heterocycles. The summed E-state index contributed by atoms with van der Waals surface area (Å²) in [5, 5.41) is 12.0. The molecular formula is C13H25NO3S. The summed E-state index contributed by atoms with van der Waals surface area (Å²) >= 11 is 1.63. The third-order valence-corrected chi connectivity index (χ3v) is 3.86. The Morgan fingerprint density at radius 2 is 1.94 bits per heavy atom. The monoisotopic (exact) mass is 275 g/mol. The summed E-state index contributed by atoms with van der Waals surface area (Å²) in [4.78, 5) is 21.9. The Morgan fingerprint density at radius 3 is 2.44 bits per heavy atom. The van der Waals surface area contributed by atoms with Crippen LogP contribution >= 0.6 is 11.8 Å². The summed E-state index contributed by atoms with van der Waals surface area (Å²) in [5.74, 6) is 0.218. The van der Waals surface area contributed by atoms with Crippen LogP contribution in [0.4, 0.5) is 0 Å². The fourth-order valence-corrected chi connectivity index (χ4v) is 2.18. The molecule has 1 unspecified atom stereocenters. The van der Waals surface area contributed by atoms with Crippen LogP contribution in [0.1, 0.15) is 46.5 Å². The van der Waals surface area contributed by atoms with E-state index in [1.807, 2.05) is 0 Å². The van der Waals surface area contributed by atoms with E-state index in [0.29, 0.717) is 29.9 Å². The molecule has 106 valence electrons. The van der Waals surface area contributed by atoms with Crippen LogP contribution in [0.3, 0.4) is 0 Å². The lowest BCUT2D eigenvalue weighted by molar-refractivity contribution is -0.137. The average molecular weight is 275 g/mol. The molecule has 1 amide bonds. The minimum absolute atomic E-state index is 0.0711. The summed E-state index contributed by atoms with van der Waals surface area (Å²) in [6, 6.07) is 0. The Hall–Kier alpha value is -0.710. The first kappa shape index (κ1) is 17.3. The van der Waals surface area contributed by atoms with Crippen molar-refractivity contribution in [1.82, 2.24) is 5.32 Å². The second-order valence-electron chi connectivity index (χ2n) is 4.71. The molecule has 5 heteroatoms. The first-order valence-electron chi connectivity index (χ1n) is 6.55. The highest BCUT2D eigenvalue weighted by molar-refractivity contribution is 8.00. The van der Waals surface area contributed by atoms with Gasteiger partial charge in [0.2, 0.25) is 5.91 Å². The molecule has 0 aromatic carbocycles. The topological polar surface area (TPSA) is 66.4 Å². The molecule has 4 nitrogen and oxygen atoms in total. The van der Waals surface area contributed by atoms with E-state index in [-0.39, 0.29) is 12.3 Å². The van der Waals surface area contributed by atoms with Crippen LogP contribution in [0.2, 0.25) is 0 Å². The highest BCUT2D eigenvalue weighted by atomic mass is 32.2. The number of carbonyl (C=O) groups excluding carboxylic acids is 1. The van der Waals surface area contributed by atoms with Crippen LogP contribution in [-0.4, -0.2) is 34.5 Å². The molecule has 1 atom stereocenters. The maximum Gasteiger partial charge on any atom is 0.303 e. The molecule has 0 rings (SSSR count). The number of aliphatic carboxylic acids is 1. The maximum absolute atomic E-state index is 11.5. The van der Waals surface area contributed by atoms with Crippen LogP contribution in [0, 0.1) is 5.92 Å².